The molecule has 134 valence electrons. The van der Waals surface area contributed by atoms with Crippen LogP contribution in [0.3, 0.4) is 0 Å². The third kappa shape index (κ3) is 3.92. The second kappa shape index (κ2) is 8.28. The molecule has 1 N–H and O–H groups in total. The normalized spacial score (nSPS) is 16.8. The highest BCUT2D eigenvalue weighted by Gasteiger charge is 2.31. The summed E-state index contributed by atoms with van der Waals surface area (Å²) in [6, 6.07) is 8.75. The molecule has 1 saturated heterocycles. The van der Waals surface area contributed by atoms with E-state index >= 15 is 0 Å². The van der Waals surface area contributed by atoms with Gasteiger partial charge in [-0.1, -0.05) is 29.5 Å². The highest BCUT2D eigenvalue weighted by Crippen LogP contribution is 2.32. The maximum atomic E-state index is 12.9. The Morgan fingerprint density at radius 2 is 2.20 bits per heavy atom. The van der Waals surface area contributed by atoms with E-state index in [-0.39, 0.29) is 29.4 Å². The predicted molar refractivity (Wildman–Crippen MR) is 97.9 cm³/mol. The van der Waals surface area contributed by atoms with Crippen LogP contribution in [0.25, 0.3) is 0 Å². The number of para-hydroxylation sites is 1. The Balaban J connectivity index is 0.00000225. The van der Waals surface area contributed by atoms with Crippen LogP contribution in [0.5, 0.6) is 5.75 Å². The standard InChI is InChI=1S/C16H17N3O4S.ClH/c1-23-14-5-3-2-4-12(14)13-9-17-6-7-18(13)16(20)11-8-15(19(21)22)24-10-11;/h2-5,8,10,13,17H,6-7,9H2,1H3;1H. The molecule has 3 rings (SSSR count). The van der Waals surface area contributed by atoms with E-state index in [9.17, 15) is 14.9 Å². The van der Waals surface area contributed by atoms with Crippen molar-refractivity contribution in [3.63, 3.8) is 0 Å². The van der Waals surface area contributed by atoms with Crippen LogP contribution >= 0.6 is 23.7 Å². The van der Waals surface area contributed by atoms with Crippen molar-refractivity contribution in [2.75, 3.05) is 26.7 Å². The van der Waals surface area contributed by atoms with Crippen LogP contribution in [0.1, 0.15) is 22.0 Å². The number of ether oxygens (including phenoxy) is 1. The van der Waals surface area contributed by atoms with Crippen LogP contribution < -0.4 is 10.1 Å². The van der Waals surface area contributed by atoms with Crippen molar-refractivity contribution in [2.45, 2.75) is 6.04 Å². The lowest BCUT2D eigenvalue weighted by molar-refractivity contribution is -0.380. The van der Waals surface area contributed by atoms with Gasteiger partial charge in [0.2, 0.25) is 0 Å². The lowest BCUT2D eigenvalue weighted by Gasteiger charge is -2.37. The molecule has 1 fully saturated rings. The number of halogens is 1. The third-order valence-corrected chi connectivity index (χ3v) is 4.89. The second-order valence-corrected chi connectivity index (χ2v) is 6.28. The lowest BCUT2D eigenvalue weighted by Crippen LogP contribution is -2.48. The fourth-order valence-electron chi connectivity index (χ4n) is 2.87. The first kappa shape index (κ1) is 19.2. The van der Waals surface area contributed by atoms with E-state index < -0.39 is 4.92 Å². The molecule has 9 heteroatoms. The van der Waals surface area contributed by atoms with Gasteiger partial charge in [-0.05, 0) is 6.07 Å². The highest BCUT2D eigenvalue weighted by atomic mass is 35.5. The number of piperazine rings is 1. The van der Waals surface area contributed by atoms with Crippen molar-refractivity contribution >= 4 is 34.7 Å². The van der Waals surface area contributed by atoms with Gasteiger partial charge in [0.25, 0.3) is 5.91 Å². The minimum atomic E-state index is -0.475. The monoisotopic (exact) mass is 383 g/mol. The number of benzene rings is 1. The fraction of sp³-hybridized carbons (Fsp3) is 0.312. The maximum Gasteiger partial charge on any atom is 0.324 e. The molecule has 1 unspecified atom stereocenters. The Bertz CT molecular complexity index is 767. The van der Waals surface area contributed by atoms with E-state index in [0.29, 0.717) is 25.2 Å². The molecule has 1 aliphatic rings. The van der Waals surface area contributed by atoms with Gasteiger partial charge in [0.15, 0.2) is 0 Å². The molecule has 1 aliphatic heterocycles. The summed E-state index contributed by atoms with van der Waals surface area (Å²) in [5.74, 6) is 0.525. The summed E-state index contributed by atoms with van der Waals surface area (Å²) in [7, 11) is 1.60. The fourth-order valence-corrected chi connectivity index (χ4v) is 3.56. The van der Waals surface area contributed by atoms with Gasteiger partial charge in [-0.25, -0.2) is 0 Å². The van der Waals surface area contributed by atoms with E-state index in [1.807, 2.05) is 24.3 Å². The van der Waals surface area contributed by atoms with E-state index in [0.717, 1.165) is 22.6 Å². The zero-order valence-corrected chi connectivity index (χ0v) is 15.1. The summed E-state index contributed by atoms with van der Waals surface area (Å²) >= 11 is 0.968. The molecule has 1 aromatic carbocycles. The van der Waals surface area contributed by atoms with Crippen LogP contribution in [0.2, 0.25) is 0 Å². The number of thiophene rings is 1. The summed E-state index contributed by atoms with van der Waals surface area (Å²) in [6.07, 6.45) is 0. The minimum Gasteiger partial charge on any atom is -0.496 e. The van der Waals surface area contributed by atoms with Crippen molar-refractivity contribution in [3.05, 3.63) is 57.0 Å². The molecular formula is C16H18ClN3O4S. The predicted octanol–water partition coefficient (Wildman–Crippen LogP) is 2.87. The number of methoxy groups -OCH3 is 1. The molecule has 0 saturated carbocycles. The number of hydrogen-bond acceptors (Lipinski definition) is 6. The van der Waals surface area contributed by atoms with Gasteiger partial charge in [0.1, 0.15) is 5.75 Å². The summed E-state index contributed by atoms with van der Waals surface area (Å²) in [5.41, 5.74) is 1.28. The molecule has 0 radical (unpaired) electrons. The summed E-state index contributed by atoms with van der Waals surface area (Å²) in [6.45, 7) is 1.83. The Kier molecular flexibility index (Phi) is 6.35. The first-order valence-electron chi connectivity index (χ1n) is 7.49. The average molecular weight is 384 g/mol. The number of nitrogens with one attached hydrogen (secondary N) is 1. The number of nitro groups is 1. The molecule has 0 spiro atoms. The quantitative estimate of drug-likeness (QED) is 0.648. The number of carbonyl (C=O) groups is 1. The van der Waals surface area contributed by atoms with Gasteiger partial charge in [0, 0.05) is 36.6 Å². The highest BCUT2D eigenvalue weighted by molar-refractivity contribution is 7.13. The van der Waals surface area contributed by atoms with Gasteiger partial charge >= 0.3 is 5.00 Å². The number of carbonyl (C=O) groups excluding carboxylic acids is 1. The Hall–Kier alpha value is -2.16. The van der Waals surface area contributed by atoms with Crippen LogP contribution in [0.4, 0.5) is 5.00 Å². The SMILES string of the molecule is COc1ccccc1C1CNCCN1C(=O)c1csc([N+](=O)[O-])c1.Cl. The largest absolute Gasteiger partial charge is 0.496 e. The summed E-state index contributed by atoms with van der Waals surface area (Å²) in [5, 5.41) is 15.7. The van der Waals surface area contributed by atoms with E-state index in [1.54, 1.807) is 17.4 Å². The molecule has 2 heterocycles. The molecule has 0 aliphatic carbocycles. The van der Waals surface area contributed by atoms with Gasteiger partial charge in [-0.3, -0.25) is 14.9 Å². The molecule has 1 aromatic heterocycles. The van der Waals surface area contributed by atoms with E-state index in [2.05, 4.69) is 5.32 Å². The Morgan fingerprint density at radius 3 is 2.88 bits per heavy atom. The van der Waals surface area contributed by atoms with Crippen molar-refractivity contribution in [1.82, 2.24) is 10.2 Å². The lowest BCUT2D eigenvalue weighted by atomic mass is 10.0. The van der Waals surface area contributed by atoms with Crippen molar-refractivity contribution < 1.29 is 14.5 Å². The van der Waals surface area contributed by atoms with Crippen molar-refractivity contribution in [3.8, 4) is 5.75 Å². The number of amides is 1. The summed E-state index contributed by atoms with van der Waals surface area (Å²) in [4.78, 5) is 25.0. The smallest absolute Gasteiger partial charge is 0.324 e. The van der Waals surface area contributed by atoms with Crippen molar-refractivity contribution in [1.29, 1.82) is 0 Å². The van der Waals surface area contributed by atoms with Crippen LogP contribution in [-0.2, 0) is 0 Å². The maximum absolute atomic E-state index is 12.9. The third-order valence-electron chi connectivity index (χ3n) is 4.01. The molecule has 2 aromatic rings. The molecule has 25 heavy (non-hydrogen) atoms. The van der Waals surface area contributed by atoms with Gasteiger partial charge in [-0.2, -0.15) is 0 Å². The van der Waals surface area contributed by atoms with Gasteiger partial charge in [-0.15, -0.1) is 12.4 Å². The van der Waals surface area contributed by atoms with E-state index in [1.165, 1.54) is 6.07 Å². The van der Waals surface area contributed by atoms with E-state index in [4.69, 9.17) is 4.74 Å². The first-order chi connectivity index (χ1) is 11.6. The molecule has 7 nitrogen and oxygen atoms in total. The Morgan fingerprint density at radius 1 is 1.44 bits per heavy atom. The van der Waals surface area contributed by atoms with Crippen LogP contribution in [-0.4, -0.2) is 42.5 Å². The number of nitrogens with zero attached hydrogens (tertiary/aromatic N) is 2. The zero-order valence-electron chi connectivity index (χ0n) is 13.5. The minimum absolute atomic E-state index is 0. The second-order valence-electron chi connectivity index (χ2n) is 5.39. The van der Waals surface area contributed by atoms with Crippen LogP contribution in [0.15, 0.2) is 35.7 Å². The molecule has 1 amide bonds. The van der Waals surface area contributed by atoms with Gasteiger partial charge in [0.05, 0.1) is 23.6 Å². The average Bonchev–Trinajstić information content (AvgIpc) is 3.11. The topological polar surface area (TPSA) is 84.7 Å². The summed E-state index contributed by atoms with van der Waals surface area (Å²) < 4.78 is 5.41. The molecule has 0 bridgehead atoms. The zero-order chi connectivity index (χ0) is 17.1. The number of rotatable bonds is 4. The Labute approximate surface area is 155 Å². The van der Waals surface area contributed by atoms with Crippen LogP contribution in [0, 0.1) is 10.1 Å². The van der Waals surface area contributed by atoms with Gasteiger partial charge < -0.3 is 15.0 Å². The molecule has 1 atom stereocenters. The molecular weight excluding hydrogens is 366 g/mol. The first-order valence-corrected chi connectivity index (χ1v) is 8.37. The van der Waals surface area contributed by atoms with Crippen molar-refractivity contribution in [2.24, 2.45) is 0 Å². The number of hydrogen-bond donors (Lipinski definition) is 1.